The maximum Gasteiger partial charge on any atom is 0.335 e. The van der Waals surface area contributed by atoms with Gasteiger partial charge in [0.2, 0.25) is 0 Å². The molecule has 0 saturated carbocycles. The van der Waals surface area contributed by atoms with Crippen LogP contribution < -0.4 is 10.2 Å². The summed E-state index contributed by atoms with van der Waals surface area (Å²) in [6, 6.07) is 6.65. The summed E-state index contributed by atoms with van der Waals surface area (Å²) in [6.07, 6.45) is 3.30. The van der Waals surface area contributed by atoms with E-state index in [1.165, 1.54) is 0 Å². The number of carboxylic acids is 1. The molecule has 7 heteroatoms. The highest BCUT2D eigenvalue weighted by Gasteiger charge is 2.17. The number of aromatic nitrogens is 1. The topological polar surface area (TPSA) is 91.8 Å². The van der Waals surface area contributed by atoms with Crippen molar-refractivity contribution < 1.29 is 19.4 Å². The molecule has 27 heavy (non-hydrogen) atoms. The van der Waals surface area contributed by atoms with E-state index < -0.39 is 5.97 Å². The zero-order chi connectivity index (χ0) is 19.4. The minimum absolute atomic E-state index is 0.218. The lowest BCUT2D eigenvalue weighted by Crippen LogP contribution is -2.36. The van der Waals surface area contributed by atoms with Crippen molar-refractivity contribution >= 4 is 17.6 Å². The number of carbonyl (C=O) groups is 2. The van der Waals surface area contributed by atoms with Crippen LogP contribution in [0.3, 0.4) is 0 Å². The van der Waals surface area contributed by atoms with Gasteiger partial charge in [-0.15, -0.1) is 0 Å². The molecule has 1 aliphatic rings. The molecule has 1 aliphatic heterocycles. The highest BCUT2D eigenvalue weighted by molar-refractivity contribution is 5.95. The molecule has 2 aromatic rings. The third-order valence-corrected chi connectivity index (χ3v) is 4.69. The maximum absolute atomic E-state index is 12.6. The molecular formula is C20H23N3O4. The second-order valence-electron chi connectivity index (χ2n) is 6.61. The Morgan fingerprint density at radius 3 is 2.63 bits per heavy atom. The summed E-state index contributed by atoms with van der Waals surface area (Å²) in [7, 11) is 0. The smallest absolute Gasteiger partial charge is 0.335 e. The summed E-state index contributed by atoms with van der Waals surface area (Å²) >= 11 is 0. The van der Waals surface area contributed by atoms with Gasteiger partial charge in [0.1, 0.15) is 0 Å². The van der Waals surface area contributed by atoms with E-state index in [1.807, 2.05) is 13.0 Å². The van der Waals surface area contributed by atoms with Crippen molar-refractivity contribution in [2.75, 3.05) is 31.2 Å². The van der Waals surface area contributed by atoms with E-state index in [9.17, 15) is 9.59 Å². The van der Waals surface area contributed by atoms with Gasteiger partial charge in [0.05, 0.1) is 42.3 Å². The molecule has 0 unspecified atom stereocenters. The molecule has 1 amide bonds. The van der Waals surface area contributed by atoms with Gasteiger partial charge in [-0.3, -0.25) is 9.78 Å². The lowest BCUT2D eigenvalue weighted by molar-refractivity contribution is 0.0695. The van der Waals surface area contributed by atoms with Crippen LogP contribution in [0.25, 0.3) is 0 Å². The number of ether oxygens (including phenoxy) is 1. The summed E-state index contributed by atoms with van der Waals surface area (Å²) in [6.45, 7) is 6.50. The van der Waals surface area contributed by atoms with Crippen molar-refractivity contribution in [2.24, 2.45) is 0 Å². The van der Waals surface area contributed by atoms with Gasteiger partial charge in [-0.05, 0) is 37.1 Å². The number of carboxylic acid groups (broad SMARTS) is 1. The summed E-state index contributed by atoms with van der Waals surface area (Å²) in [4.78, 5) is 30.1. The molecule has 7 nitrogen and oxygen atoms in total. The van der Waals surface area contributed by atoms with Gasteiger partial charge >= 0.3 is 5.97 Å². The molecule has 2 N–H and O–H groups in total. The first kappa shape index (κ1) is 18.8. The number of rotatable bonds is 5. The lowest BCUT2D eigenvalue weighted by Gasteiger charge is -2.28. The molecule has 0 bridgehead atoms. The number of pyridine rings is 1. The molecule has 1 atom stereocenters. The molecule has 0 aliphatic carbocycles. The van der Waals surface area contributed by atoms with Crippen molar-refractivity contribution in [1.82, 2.24) is 10.3 Å². The molecule has 1 aromatic heterocycles. The Morgan fingerprint density at radius 2 is 1.96 bits per heavy atom. The predicted octanol–water partition coefficient (Wildman–Crippen LogP) is 2.42. The van der Waals surface area contributed by atoms with E-state index in [4.69, 9.17) is 9.84 Å². The molecule has 1 saturated heterocycles. The third kappa shape index (κ3) is 4.43. The first-order valence-corrected chi connectivity index (χ1v) is 8.88. The largest absolute Gasteiger partial charge is 0.478 e. The number of anilines is 1. The number of aryl methyl sites for hydroxylation is 1. The van der Waals surface area contributed by atoms with Crippen LogP contribution in [0.15, 0.2) is 36.7 Å². The van der Waals surface area contributed by atoms with Crippen molar-refractivity contribution in [2.45, 2.75) is 19.9 Å². The lowest BCUT2D eigenvalue weighted by atomic mass is 10.0. The third-order valence-electron chi connectivity index (χ3n) is 4.69. The summed E-state index contributed by atoms with van der Waals surface area (Å²) < 4.78 is 5.36. The Labute approximate surface area is 158 Å². The molecule has 1 fully saturated rings. The average Bonchev–Trinajstić information content (AvgIpc) is 2.68. The standard InChI is InChI=1S/C20H23N3O4/c1-13-9-15(3-4-18(13)20(25)26)14(2)22-19(24)16-10-17(12-21-11-16)23-5-7-27-8-6-23/h3-4,9-12,14H,5-8H2,1-2H3,(H,22,24)(H,25,26)/t14-/m0/s1. The minimum atomic E-state index is -0.957. The average molecular weight is 369 g/mol. The fourth-order valence-electron chi connectivity index (χ4n) is 3.11. The fraction of sp³-hybridized carbons (Fsp3) is 0.350. The van der Waals surface area contributed by atoms with E-state index in [1.54, 1.807) is 37.5 Å². The Balaban J connectivity index is 1.71. The van der Waals surface area contributed by atoms with Crippen LogP contribution in [-0.2, 0) is 4.74 Å². The van der Waals surface area contributed by atoms with Gasteiger partial charge in [0, 0.05) is 19.3 Å². The fourth-order valence-corrected chi connectivity index (χ4v) is 3.11. The molecule has 0 spiro atoms. The number of aromatic carboxylic acids is 1. The SMILES string of the molecule is Cc1cc([C@H](C)NC(=O)c2cncc(N3CCOCC3)c2)ccc1C(=O)O. The molecule has 142 valence electrons. The normalized spacial score (nSPS) is 15.3. The predicted molar refractivity (Wildman–Crippen MR) is 101 cm³/mol. The van der Waals surface area contributed by atoms with E-state index >= 15 is 0 Å². The van der Waals surface area contributed by atoms with Crippen molar-refractivity contribution in [1.29, 1.82) is 0 Å². The zero-order valence-corrected chi connectivity index (χ0v) is 15.4. The monoisotopic (exact) mass is 369 g/mol. The van der Waals surface area contributed by atoms with Gasteiger partial charge in [-0.25, -0.2) is 4.79 Å². The van der Waals surface area contributed by atoms with Crippen LogP contribution in [0.1, 0.15) is 44.8 Å². The van der Waals surface area contributed by atoms with E-state index in [0.717, 1.165) is 24.3 Å². The highest BCUT2D eigenvalue weighted by Crippen LogP contribution is 2.20. The first-order chi connectivity index (χ1) is 13.0. The van der Waals surface area contributed by atoms with Crippen molar-refractivity contribution in [3.05, 3.63) is 58.9 Å². The zero-order valence-electron chi connectivity index (χ0n) is 15.4. The van der Waals surface area contributed by atoms with Crippen molar-refractivity contribution in [3.8, 4) is 0 Å². The Hall–Kier alpha value is -2.93. The molecule has 2 heterocycles. The number of nitrogens with one attached hydrogen (secondary N) is 1. The Morgan fingerprint density at radius 1 is 1.22 bits per heavy atom. The molecule has 3 rings (SSSR count). The van der Waals surface area contributed by atoms with Gasteiger partial charge in [-0.1, -0.05) is 12.1 Å². The quantitative estimate of drug-likeness (QED) is 0.841. The number of benzene rings is 1. The number of carbonyl (C=O) groups excluding carboxylic acids is 1. The number of morpholine rings is 1. The summed E-state index contributed by atoms with van der Waals surface area (Å²) in [5, 5.41) is 12.1. The Bertz CT molecular complexity index is 847. The van der Waals surface area contributed by atoms with Gasteiger partial charge in [0.25, 0.3) is 5.91 Å². The second-order valence-corrected chi connectivity index (χ2v) is 6.61. The highest BCUT2D eigenvalue weighted by atomic mass is 16.5. The minimum Gasteiger partial charge on any atom is -0.478 e. The van der Waals surface area contributed by atoms with Crippen LogP contribution in [0.5, 0.6) is 0 Å². The van der Waals surface area contributed by atoms with E-state index in [2.05, 4.69) is 15.2 Å². The van der Waals surface area contributed by atoms with Crippen molar-refractivity contribution in [3.63, 3.8) is 0 Å². The van der Waals surface area contributed by atoms with E-state index in [-0.39, 0.29) is 17.5 Å². The first-order valence-electron chi connectivity index (χ1n) is 8.88. The van der Waals surface area contributed by atoms with Crippen LogP contribution in [-0.4, -0.2) is 48.3 Å². The van der Waals surface area contributed by atoms with Gasteiger partial charge in [0.15, 0.2) is 0 Å². The number of nitrogens with zero attached hydrogens (tertiary/aromatic N) is 2. The Kier molecular flexibility index (Phi) is 5.71. The van der Waals surface area contributed by atoms with Crippen LogP contribution in [0, 0.1) is 6.92 Å². The molecule has 1 aromatic carbocycles. The van der Waals surface area contributed by atoms with Crippen LogP contribution in [0.4, 0.5) is 5.69 Å². The van der Waals surface area contributed by atoms with Crippen LogP contribution in [0.2, 0.25) is 0 Å². The summed E-state index contributed by atoms with van der Waals surface area (Å²) in [5.74, 6) is -1.17. The van der Waals surface area contributed by atoms with Gasteiger partial charge in [-0.2, -0.15) is 0 Å². The van der Waals surface area contributed by atoms with E-state index in [0.29, 0.717) is 24.3 Å². The second kappa shape index (κ2) is 8.18. The number of amides is 1. The molecule has 0 radical (unpaired) electrons. The van der Waals surface area contributed by atoms with Gasteiger partial charge < -0.3 is 20.1 Å². The molecular weight excluding hydrogens is 346 g/mol. The summed E-state index contributed by atoms with van der Waals surface area (Å²) in [5.41, 5.74) is 3.17. The maximum atomic E-state index is 12.6. The number of hydrogen-bond acceptors (Lipinski definition) is 5. The number of hydrogen-bond donors (Lipinski definition) is 2. The van der Waals surface area contributed by atoms with Crippen LogP contribution >= 0.6 is 0 Å².